The van der Waals surface area contributed by atoms with Crippen molar-refractivity contribution in [2.24, 2.45) is 0 Å². The number of fused-ring (bicyclic) bond motifs is 1. The van der Waals surface area contributed by atoms with Crippen molar-refractivity contribution in [1.29, 1.82) is 0 Å². The Morgan fingerprint density at radius 3 is 2.54 bits per heavy atom. The Morgan fingerprint density at radius 2 is 1.88 bits per heavy atom. The van der Waals surface area contributed by atoms with Gasteiger partial charge in [0.25, 0.3) is 5.91 Å². The highest BCUT2D eigenvalue weighted by molar-refractivity contribution is 7.98. The zero-order valence-corrected chi connectivity index (χ0v) is 17.3. The van der Waals surface area contributed by atoms with Crippen molar-refractivity contribution in [3.63, 3.8) is 0 Å². The van der Waals surface area contributed by atoms with Gasteiger partial charge < -0.3 is 4.90 Å². The fraction of sp³-hybridized carbons (Fsp3) is 0.263. The zero-order chi connectivity index (χ0) is 18.7. The minimum absolute atomic E-state index is 0.0618. The Kier molecular flexibility index (Phi) is 6.19. The van der Waals surface area contributed by atoms with Gasteiger partial charge in [-0.3, -0.25) is 9.69 Å². The number of hydrogen-bond acceptors (Lipinski definition) is 5. The number of carbonyl (C=O) groups excluding carboxylic acids is 1. The molecule has 0 aliphatic heterocycles. The number of nitrogens with zero attached hydrogens (tertiary/aromatic N) is 3. The van der Waals surface area contributed by atoms with Crippen LogP contribution in [0, 0.1) is 0 Å². The molecule has 136 valence electrons. The number of thioether (sulfide) groups is 1. The molecule has 0 aliphatic carbocycles. The quantitative estimate of drug-likeness (QED) is 0.547. The third-order valence-corrected chi connectivity index (χ3v) is 5.99. The summed E-state index contributed by atoms with van der Waals surface area (Å²) in [6.07, 6.45) is 2.04. The van der Waals surface area contributed by atoms with Crippen molar-refractivity contribution in [3.05, 3.63) is 53.1 Å². The van der Waals surface area contributed by atoms with Crippen LogP contribution in [-0.2, 0) is 0 Å². The number of likely N-dealkylation sites (N-methyl/N-ethyl adjacent to an activating group) is 1. The molecule has 0 atom stereocenters. The van der Waals surface area contributed by atoms with E-state index in [0.29, 0.717) is 17.1 Å². The standard InChI is InChI=1S/C19H20ClN3OS2/c1-22(2)11-12-23(18(24)13-7-9-14(20)10-8-13)19-21-17-15(25-3)5-4-6-16(17)26-19/h4-10H,11-12H2,1-3H3. The predicted octanol–water partition coefficient (Wildman–Crippen LogP) is 4.88. The molecule has 0 N–H and O–H groups in total. The van der Waals surface area contributed by atoms with Crippen LogP contribution in [0.25, 0.3) is 10.2 Å². The van der Waals surface area contributed by atoms with E-state index >= 15 is 0 Å². The molecule has 1 heterocycles. The monoisotopic (exact) mass is 405 g/mol. The van der Waals surface area contributed by atoms with Crippen molar-refractivity contribution in [2.45, 2.75) is 4.90 Å². The van der Waals surface area contributed by atoms with E-state index in [1.165, 1.54) is 0 Å². The van der Waals surface area contributed by atoms with Crippen LogP contribution in [0.2, 0.25) is 5.02 Å². The van der Waals surface area contributed by atoms with Crippen LogP contribution in [-0.4, -0.2) is 49.2 Å². The maximum atomic E-state index is 13.1. The Morgan fingerprint density at radius 1 is 1.15 bits per heavy atom. The minimum atomic E-state index is -0.0618. The van der Waals surface area contributed by atoms with E-state index in [1.807, 2.05) is 32.5 Å². The van der Waals surface area contributed by atoms with Crippen molar-refractivity contribution < 1.29 is 4.79 Å². The number of carbonyl (C=O) groups is 1. The topological polar surface area (TPSA) is 36.4 Å². The van der Waals surface area contributed by atoms with E-state index in [0.717, 1.165) is 26.8 Å². The number of halogens is 1. The number of hydrogen-bond donors (Lipinski definition) is 0. The second kappa shape index (κ2) is 8.39. The highest BCUT2D eigenvalue weighted by Gasteiger charge is 2.22. The van der Waals surface area contributed by atoms with E-state index in [9.17, 15) is 4.79 Å². The number of amides is 1. The van der Waals surface area contributed by atoms with Crippen LogP contribution < -0.4 is 4.90 Å². The zero-order valence-electron chi connectivity index (χ0n) is 14.9. The third kappa shape index (κ3) is 4.20. The predicted molar refractivity (Wildman–Crippen MR) is 113 cm³/mol. The van der Waals surface area contributed by atoms with Gasteiger partial charge in [0.2, 0.25) is 0 Å². The maximum absolute atomic E-state index is 13.1. The van der Waals surface area contributed by atoms with E-state index < -0.39 is 0 Å². The number of para-hydroxylation sites is 1. The van der Waals surface area contributed by atoms with Crippen LogP contribution in [0.5, 0.6) is 0 Å². The lowest BCUT2D eigenvalue weighted by atomic mass is 10.2. The molecule has 0 spiro atoms. The molecule has 0 radical (unpaired) electrons. The summed E-state index contributed by atoms with van der Waals surface area (Å²) in [5.41, 5.74) is 1.57. The van der Waals surface area contributed by atoms with E-state index in [-0.39, 0.29) is 5.91 Å². The second-order valence-electron chi connectivity index (χ2n) is 6.07. The van der Waals surface area contributed by atoms with Crippen LogP contribution >= 0.6 is 34.7 Å². The molecule has 0 aliphatic rings. The average molecular weight is 406 g/mol. The molecule has 26 heavy (non-hydrogen) atoms. The molecule has 0 fully saturated rings. The summed E-state index contributed by atoms with van der Waals surface area (Å²) in [5.74, 6) is -0.0618. The van der Waals surface area contributed by atoms with Crippen molar-refractivity contribution in [2.75, 3.05) is 38.3 Å². The molecule has 3 rings (SSSR count). The SMILES string of the molecule is CSc1cccc2sc(N(CCN(C)C)C(=O)c3ccc(Cl)cc3)nc12. The molecule has 7 heteroatoms. The van der Waals surface area contributed by atoms with Crippen LogP contribution in [0.4, 0.5) is 5.13 Å². The van der Waals surface area contributed by atoms with Gasteiger partial charge in [-0.05, 0) is 56.7 Å². The number of benzene rings is 2. The minimum Gasteiger partial charge on any atom is -0.308 e. The first kappa shape index (κ1) is 19.2. The second-order valence-corrected chi connectivity index (χ2v) is 8.36. The van der Waals surface area contributed by atoms with Crippen molar-refractivity contribution in [1.82, 2.24) is 9.88 Å². The lowest BCUT2D eigenvalue weighted by Gasteiger charge is -2.22. The summed E-state index contributed by atoms with van der Waals surface area (Å²) in [6.45, 7) is 1.33. The maximum Gasteiger partial charge on any atom is 0.260 e. The molecule has 4 nitrogen and oxygen atoms in total. The molecular formula is C19H20ClN3OS2. The lowest BCUT2D eigenvalue weighted by Crippen LogP contribution is -2.36. The summed E-state index contributed by atoms with van der Waals surface area (Å²) in [4.78, 5) is 22.9. The van der Waals surface area contributed by atoms with Crippen LogP contribution in [0.15, 0.2) is 47.4 Å². The number of rotatable bonds is 6. The summed E-state index contributed by atoms with van der Waals surface area (Å²) in [6, 6.07) is 13.1. The van der Waals surface area contributed by atoms with E-state index in [2.05, 4.69) is 11.0 Å². The largest absolute Gasteiger partial charge is 0.308 e. The Labute approximate surface area is 166 Å². The van der Waals surface area contributed by atoms with Gasteiger partial charge in [-0.1, -0.05) is 29.0 Å². The lowest BCUT2D eigenvalue weighted by molar-refractivity contribution is 0.0985. The third-order valence-electron chi connectivity index (χ3n) is 3.93. The summed E-state index contributed by atoms with van der Waals surface area (Å²) >= 11 is 9.17. The Balaban J connectivity index is 2.00. The summed E-state index contributed by atoms with van der Waals surface area (Å²) < 4.78 is 1.09. The Hall–Kier alpha value is -1.60. The van der Waals surface area contributed by atoms with Gasteiger partial charge in [-0.15, -0.1) is 11.8 Å². The normalized spacial score (nSPS) is 11.3. The van der Waals surface area contributed by atoms with Gasteiger partial charge in [-0.25, -0.2) is 4.98 Å². The molecule has 0 unspecified atom stereocenters. The average Bonchev–Trinajstić information content (AvgIpc) is 3.05. The number of anilines is 1. The van der Waals surface area contributed by atoms with E-state index in [1.54, 1.807) is 52.3 Å². The number of thiazole rings is 1. The highest BCUT2D eigenvalue weighted by Crippen LogP contribution is 2.34. The first-order valence-corrected chi connectivity index (χ1v) is 10.6. The van der Waals surface area contributed by atoms with Gasteiger partial charge in [-0.2, -0.15) is 0 Å². The van der Waals surface area contributed by atoms with Crippen LogP contribution in [0.3, 0.4) is 0 Å². The first-order valence-electron chi connectivity index (χ1n) is 8.15. The fourth-order valence-electron chi connectivity index (χ4n) is 2.52. The molecule has 1 amide bonds. The molecule has 3 aromatic rings. The van der Waals surface area contributed by atoms with Gasteiger partial charge in [0.15, 0.2) is 5.13 Å². The first-order chi connectivity index (χ1) is 12.5. The summed E-state index contributed by atoms with van der Waals surface area (Å²) in [7, 11) is 3.99. The van der Waals surface area contributed by atoms with Gasteiger partial charge in [0, 0.05) is 28.6 Å². The van der Waals surface area contributed by atoms with E-state index in [4.69, 9.17) is 16.6 Å². The molecule has 2 aromatic carbocycles. The van der Waals surface area contributed by atoms with Gasteiger partial charge in [0.1, 0.15) is 0 Å². The van der Waals surface area contributed by atoms with Crippen molar-refractivity contribution in [3.8, 4) is 0 Å². The summed E-state index contributed by atoms with van der Waals surface area (Å²) in [5, 5.41) is 1.34. The molecule has 0 bridgehead atoms. The fourth-order valence-corrected chi connectivity index (χ4v) is 4.30. The Bertz CT molecular complexity index is 909. The molecule has 1 aromatic heterocycles. The number of aromatic nitrogens is 1. The van der Waals surface area contributed by atoms with Crippen molar-refractivity contribution >= 4 is 56.0 Å². The smallest absolute Gasteiger partial charge is 0.260 e. The van der Waals surface area contributed by atoms with Gasteiger partial charge in [0.05, 0.1) is 10.2 Å². The molecule has 0 saturated heterocycles. The molecular weight excluding hydrogens is 386 g/mol. The molecule has 0 saturated carbocycles. The van der Waals surface area contributed by atoms with Crippen LogP contribution in [0.1, 0.15) is 10.4 Å². The highest BCUT2D eigenvalue weighted by atomic mass is 35.5. The van der Waals surface area contributed by atoms with Gasteiger partial charge >= 0.3 is 0 Å².